The lowest BCUT2D eigenvalue weighted by Crippen LogP contribution is -2.14. The second-order valence-corrected chi connectivity index (χ2v) is 6.60. The summed E-state index contributed by atoms with van der Waals surface area (Å²) in [5, 5.41) is 6.53. The number of halogens is 1. The molecule has 1 aromatic heterocycles. The minimum absolute atomic E-state index is 0.0110. The van der Waals surface area contributed by atoms with Gasteiger partial charge in [0, 0.05) is 5.56 Å². The van der Waals surface area contributed by atoms with Crippen molar-refractivity contribution >= 4 is 11.6 Å². The van der Waals surface area contributed by atoms with Gasteiger partial charge in [-0.2, -0.15) is 4.98 Å². The van der Waals surface area contributed by atoms with Crippen LogP contribution in [0.15, 0.2) is 77.3 Å². The smallest absolute Gasteiger partial charge is 0.264 e. The largest absolute Gasteiger partial charge is 0.483 e. The molecule has 0 spiro atoms. The number of anilines is 1. The van der Waals surface area contributed by atoms with Crippen molar-refractivity contribution < 1.29 is 18.4 Å². The predicted octanol–water partition coefficient (Wildman–Crippen LogP) is 5.02. The Morgan fingerprint density at radius 2 is 1.83 bits per heavy atom. The molecule has 0 fully saturated rings. The molecule has 0 aliphatic carbocycles. The number of nitrogens with one attached hydrogen (secondary N) is 1. The number of aromatic nitrogens is 2. The number of carbonyl (C=O) groups excluding carboxylic acids is 1. The molecule has 3 aromatic carbocycles. The van der Waals surface area contributed by atoms with Crippen LogP contribution in [0, 0.1) is 12.7 Å². The molecular weight excluding hydrogens is 385 g/mol. The van der Waals surface area contributed by atoms with Gasteiger partial charge in [0.25, 0.3) is 11.8 Å². The van der Waals surface area contributed by atoms with Gasteiger partial charge in [0.2, 0.25) is 5.82 Å². The van der Waals surface area contributed by atoms with Crippen LogP contribution in [0.2, 0.25) is 0 Å². The van der Waals surface area contributed by atoms with Crippen molar-refractivity contribution in [2.75, 3.05) is 5.32 Å². The average Bonchev–Trinajstić information content (AvgIpc) is 3.25. The van der Waals surface area contributed by atoms with Crippen LogP contribution in [0.3, 0.4) is 0 Å². The molecule has 0 unspecified atom stereocenters. The first kappa shape index (κ1) is 19.3. The molecule has 4 aromatic rings. The highest BCUT2D eigenvalue weighted by molar-refractivity contribution is 6.06. The van der Waals surface area contributed by atoms with E-state index in [-0.39, 0.29) is 23.7 Å². The normalized spacial score (nSPS) is 10.6. The Kier molecular flexibility index (Phi) is 5.52. The standard InChI is InChI=1S/C23H18FN3O3/c1-15-11-12-18(24)19(13-15)25-23(28)17-9-5-6-10-20(17)29-14-21-26-22(27-30-21)16-7-3-2-4-8-16/h2-13H,14H2,1H3,(H,25,28). The van der Waals surface area contributed by atoms with Crippen molar-refractivity contribution in [2.24, 2.45) is 0 Å². The summed E-state index contributed by atoms with van der Waals surface area (Å²) in [6.07, 6.45) is 0. The fourth-order valence-electron chi connectivity index (χ4n) is 2.86. The Labute approximate surface area is 172 Å². The van der Waals surface area contributed by atoms with E-state index in [1.54, 1.807) is 36.4 Å². The molecule has 0 aliphatic heterocycles. The second kappa shape index (κ2) is 8.57. The Hall–Kier alpha value is -4.00. The highest BCUT2D eigenvalue weighted by atomic mass is 19.1. The molecule has 0 atom stereocenters. The van der Waals surface area contributed by atoms with E-state index in [0.717, 1.165) is 11.1 Å². The topological polar surface area (TPSA) is 77.2 Å². The summed E-state index contributed by atoms with van der Waals surface area (Å²) in [4.78, 5) is 17.0. The Bertz CT molecular complexity index is 1180. The van der Waals surface area contributed by atoms with Gasteiger partial charge in [0.1, 0.15) is 11.6 Å². The number of ether oxygens (including phenoxy) is 1. The second-order valence-electron chi connectivity index (χ2n) is 6.60. The lowest BCUT2D eigenvalue weighted by atomic mass is 10.1. The first-order valence-electron chi connectivity index (χ1n) is 9.27. The van der Waals surface area contributed by atoms with E-state index in [1.807, 2.05) is 37.3 Å². The zero-order valence-electron chi connectivity index (χ0n) is 16.1. The van der Waals surface area contributed by atoms with Crippen molar-refractivity contribution in [1.82, 2.24) is 10.1 Å². The SMILES string of the molecule is Cc1ccc(F)c(NC(=O)c2ccccc2OCc2nc(-c3ccccc3)no2)c1. The van der Waals surface area contributed by atoms with Gasteiger partial charge in [-0.05, 0) is 36.8 Å². The van der Waals surface area contributed by atoms with Gasteiger partial charge in [-0.15, -0.1) is 0 Å². The van der Waals surface area contributed by atoms with E-state index in [4.69, 9.17) is 9.26 Å². The number of hydrogen-bond donors (Lipinski definition) is 1. The molecule has 150 valence electrons. The van der Waals surface area contributed by atoms with E-state index in [9.17, 15) is 9.18 Å². The predicted molar refractivity (Wildman–Crippen MR) is 110 cm³/mol. The van der Waals surface area contributed by atoms with E-state index < -0.39 is 11.7 Å². The minimum Gasteiger partial charge on any atom is -0.483 e. The van der Waals surface area contributed by atoms with Crippen molar-refractivity contribution in [2.45, 2.75) is 13.5 Å². The first-order chi connectivity index (χ1) is 14.6. The molecule has 7 heteroatoms. The monoisotopic (exact) mass is 403 g/mol. The van der Waals surface area contributed by atoms with Gasteiger partial charge in [-0.3, -0.25) is 4.79 Å². The molecule has 0 aliphatic rings. The van der Waals surface area contributed by atoms with Crippen LogP contribution in [0.4, 0.5) is 10.1 Å². The Morgan fingerprint density at radius 3 is 2.67 bits per heavy atom. The summed E-state index contributed by atoms with van der Waals surface area (Å²) >= 11 is 0. The summed E-state index contributed by atoms with van der Waals surface area (Å²) < 4.78 is 24.9. The van der Waals surface area contributed by atoms with Crippen LogP contribution < -0.4 is 10.1 Å². The fourth-order valence-corrected chi connectivity index (χ4v) is 2.86. The van der Waals surface area contributed by atoms with Crippen LogP contribution >= 0.6 is 0 Å². The van der Waals surface area contributed by atoms with Crippen LogP contribution in [0.1, 0.15) is 21.8 Å². The molecule has 4 rings (SSSR count). The van der Waals surface area contributed by atoms with Crippen LogP contribution in [-0.4, -0.2) is 16.0 Å². The summed E-state index contributed by atoms with van der Waals surface area (Å²) in [5.74, 6) is 0.0590. The van der Waals surface area contributed by atoms with Gasteiger partial charge in [-0.25, -0.2) is 4.39 Å². The molecule has 1 N–H and O–H groups in total. The molecule has 0 bridgehead atoms. The zero-order valence-corrected chi connectivity index (χ0v) is 16.1. The van der Waals surface area contributed by atoms with Crippen molar-refractivity contribution in [3.05, 3.63) is 95.6 Å². The molecule has 1 amide bonds. The summed E-state index contributed by atoms with van der Waals surface area (Å²) in [6.45, 7) is 1.81. The number of hydrogen-bond acceptors (Lipinski definition) is 5. The highest BCUT2D eigenvalue weighted by Crippen LogP contribution is 2.23. The highest BCUT2D eigenvalue weighted by Gasteiger charge is 2.16. The third-order valence-corrected chi connectivity index (χ3v) is 4.35. The van der Waals surface area contributed by atoms with E-state index in [1.165, 1.54) is 6.07 Å². The van der Waals surface area contributed by atoms with E-state index in [2.05, 4.69) is 15.5 Å². The lowest BCUT2D eigenvalue weighted by Gasteiger charge is -2.11. The molecule has 6 nitrogen and oxygen atoms in total. The van der Waals surface area contributed by atoms with Gasteiger partial charge in [0.05, 0.1) is 11.3 Å². The minimum atomic E-state index is -0.508. The van der Waals surface area contributed by atoms with Gasteiger partial charge < -0.3 is 14.6 Å². The maximum atomic E-state index is 14.0. The van der Waals surface area contributed by atoms with Crippen molar-refractivity contribution in [3.63, 3.8) is 0 Å². The van der Waals surface area contributed by atoms with Crippen LogP contribution in [0.25, 0.3) is 11.4 Å². The number of carbonyl (C=O) groups is 1. The quantitative estimate of drug-likeness (QED) is 0.489. The number of benzene rings is 3. The molecule has 1 heterocycles. The molecular formula is C23H18FN3O3. The number of para-hydroxylation sites is 1. The number of amides is 1. The van der Waals surface area contributed by atoms with E-state index >= 15 is 0 Å². The third-order valence-electron chi connectivity index (χ3n) is 4.35. The average molecular weight is 403 g/mol. The van der Waals surface area contributed by atoms with E-state index in [0.29, 0.717) is 11.6 Å². The lowest BCUT2D eigenvalue weighted by molar-refractivity contribution is 0.102. The first-order valence-corrected chi connectivity index (χ1v) is 9.27. The van der Waals surface area contributed by atoms with Gasteiger partial charge in [0.15, 0.2) is 6.61 Å². The summed E-state index contributed by atoms with van der Waals surface area (Å²) in [6, 6.07) is 20.6. The van der Waals surface area contributed by atoms with Gasteiger partial charge >= 0.3 is 0 Å². The van der Waals surface area contributed by atoms with Crippen LogP contribution in [-0.2, 0) is 6.61 Å². The zero-order chi connectivity index (χ0) is 20.9. The third kappa shape index (κ3) is 4.35. The Morgan fingerprint density at radius 1 is 1.07 bits per heavy atom. The fraction of sp³-hybridized carbons (Fsp3) is 0.0870. The van der Waals surface area contributed by atoms with Gasteiger partial charge in [-0.1, -0.05) is 53.7 Å². The summed E-state index contributed by atoms with van der Waals surface area (Å²) in [7, 11) is 0. The maximum Gasteiger partial charge on any atom is 0.264 e. The maximum absolute atomic E-state index is 14.0. The van der Waals surface area contributed by atoms with Crippen molar-refractivity contribution in [1.29, 1.82) is 0 Å². The molecule has 30 heavy (non-hydrogen) atoms. The Balaban J connectivity index is 1.48. The van der Waals surface area contributed by atoms with Crippen molar-refractivity contribution in [3.8, 4) is 17.1 Å². The molecule has 0 saturated carbocycles. The molecule has 0 radical (unpaired) electrons. The van der Waals surface area contributed by atoms with Crippen LogP contribution in [0.5, 0.6) is 5.75 Å². The number of aryl methyl sites for hydroxylation is 1. The summed E-state index contributed by atoms with van der Waals surface area (Å²) in [5.41, 5.74) is 2.04. The molecule has 0 saturated heterocycles. The number of rotatable bonds is 6. The number of nitrogens with zero attached hydrogens (tertiary/aromatic N) is 2.